The summed E-state index contributed by atoms with van der Waals surface area (Å²) in [6.07, 6.45) is 2.39. The van der Waals surface area contributed by atoms with Gasteiger partial charge in [-0.05, 0) is 36.4 Å². The van der Waals surface area contributed by atoms with E-state index in [1.807, 2.05) is 5.38 Å². The van der Waals surface area contributed by atoms with Crippen LogP contribution in [0, 0.1) is 0 Å². The average molecular weight is 424 g/mol. The van der Waals surface area contributed by atoms with Crippen molar-refractivity contribution in [2.75, 3.05) is 29.9 Å². The molecule has 10 heteroatoms. The van der Waals surface area contributed by atoms with Gasteiger partial charge in [-0.15, -0.1) is 11.3 Å². The van der Waals surface area contributed by atoms with E-state index in [0.717, 1.165) is 12.7 Å². The quantitative estimate of drug-likeness (QED) is 0.742. The lowest BCUT2D eigenvalue weighted by Crippen LogP contribution is -2.42. The first-order chi connectivity index (χ1) is 13.3. The summed E-state index contributed by atoms with van der Waals surface area (Å²) in [6, 6.07) is 7.63. The molecule has 2 amide bonds. The number of ether oxygens (including phenoxy) is 1. The zero-order valence-electron chi connectivity index (χ0n) is 15.5. The van der Waals surface area contributed by atoms with Crippen molar-refractivity contribution in [1.82, 2.24) is 4.90 Å². The van der Waals surface area contributed by atoms with Crippen molar-refractivity contribution in [3.8, 4) is 5.75 Å². The van der Waals surface area contributed by atoms with E-state index in [9.17, 15) is 18.0 Å². The number of likely N-dealkylation sites (tertiary alicyclic amines) is 1. The monoisotopic (exact) mass is 423 g/mol. The van der Waals surface area contributed by atoms with Crippen LogP contribution in [0.1, 0.15) is 22.5 Å². The number of nitrogens with zero attached hydrogens (tertiary/aromatic N) is 1. The van der Waals surface area contributed by atoms with Crippen molar-refractivity contribution in [2.45, 2.75) is 18.9 Å². The van der Waals surface area contributed by atoms with Gasteiger partial charge in [-0.3, -0.25) is 14.3 Å². The molecule has 0 spiro atoms. The Morgan fingerprint density at radius 1 is 1.29 bits per heavy atom. The minimum atomic E-state index is -3.46. The molecular weight excluding hydrogens is 402 g/mol. The lowest BCUT2D eigenvalue weighted by atomic mass is 10.2. The first kappa shape index (κ1) is 20.2. The fourth-order valence-electron chi connectivity index (χ4n) is 3.10. The van der Waals surface area contributed by atoms with Crippen molar-refractivity contribution in [3.05, 3.63) is 40.6 Å². The number of rotatable bonds is 6. The molecule has 1 saturated heterocycles. The Labute approximate surface area is 167 Å². The topological polar surface area (TPSA) is 105 Å². The highest BCUT2D eigenvalue weighted by atomic mass is 32.2. The maximum absolute atomic E-state index is 12.8. The number of hydrogen-bond donors (Lipinski definition) is 2. The molecule has 0 unspecified atom stereocenters. The minimum Gasteiger partial charge on any atom is -0.494 e. The number of carbonyl (C=O) groups excluding carboxylic acids is 2. The van der Waals surface area contributed by atoms with E-state index in [1.54, 1.807) is 23.1 Å². The lowest BCUT2D eigenvalue weighted by Gasteiger charge is -2.23. The molecule has 150 valence electrons. The standard InChI is InChI=1S/C18H21N3O5S2/c1-26-15-11-12(7-8-13(15)20-28(2,24)25)19-17(22)14-5-3-9-21(14)18(23)16-6-4-10-27-16/h4,6-8,10-11,14,20H,3,5,9H2,1-2H3,(H,19,22)/t14-/m0/s1. The maximum Gasteiger partial charge on any atom is 0.264 e. The Bertz CT molecular complexity index is 973. The second-order valence-corrected chi connectivity index (χ2v) is 9.11. The van der Waals surface area contributed by atoms with Crippen LogP contribution in [0.5, 0.6) is 5.75 Å². The van der Waals surface area contributed by atoms with Gasteiger partial charge in [0.05, 0.1) is 23.9 Å². The lowest BCUT2D eigenvalue weighted by molar-refractivity contribution is -0.119. The number of hydrogen-bond acceptors (Lipinski definition) is 6. The van der Waals surface area contributed by atoms with Crippen LogP contribution in [0.2, 0.25) is 0 Å². The van der Waals surface area contributed by atoms with Crippen LogP contribution in [0.15, 0.2) is 35.7 Å². The van der Waals surface area contributed by atoms with Crippen molar-refractivity contribution >= 4 is 44.5 Å². The van der Waals surface area contributed by atoms with Crippen LogP contribution in [-0.4, -0.2) is 51.1 Å². The van der Waals surface area contributed by atoms with Crippen molar-refractivity contribution < 1.29 is 22.7 Å². The second-order valence-electron chi connectivity index (χ2n) is 6.41. The van der Waals surface area contributed by atoms with E-state index in [2.05, 4.69) is 10.0 Å². The number of nitrogens with one attached hydrogen (secondary N) is 2. The largest absolute Gasteiger partial charge is 0.494 e. The van der Waals surface area contributed by atoms with E-state index in [-0.39, 0.29) is 23.3 Å². The molecule has 3 rings (SSSR count). The van der Waals surface area contributed by atoms with Crippen LogP contribution >= 0.6 is 11.3 Å². The van der Waals surface area contributed by atoms with Gasteiger partial charge >= 0.3 is 0 Å². The number of thiophene rings is 1. The number of benzene rings is 1. The Kier molecular flexibility index (Phi) is 5.90. The van der Waals surface area contributed by atoms with Gasteiger partial charge in [-0.25, -0.2) is 8.42 Å². The smallest absolute Gasteiger partial charge is 0.264 e. The Morgan fingerprint density at radius 2 is 2.07 bits per heavy atom. The molecule has 0 radical (unpaired) electrons. The third-order valence-corrected chi connectivity index (χ3v) is 5.76. The molecule has 8 nitrogen and oxygen atoms in total. The summed E-state index contributed by atoms with van der Waals surface area (Å²) in [5.41, 5.74) is 0.731. The fourth-order valence-corrected chi connectivity index (χ4v) is 4.35. The molecule has 28 heavy (non-hydrogen) atoms. The third kappa shape index (κ3) is 4.63. The Balaban J connectivity index is 1.74. The van der Waals surface area contributed by atoms with Gasteiger partial charge in [0.1, 0.15) is 11.8 Å². The van der Waals surface area contributed by atoms with E-state index in [4.69, 9.17) is 4.74 Å². The molecule has 1 aliphatic heterocycles. The summed E-state index contributed by atoms with van der Waals surface area (Å²) < 4.78 is 30.4. The van der Waals surface area contributed by atoms with E-state index in [1.165, 1.54) is 30.6 Å². The van der Waals surface area contributed by atoms with Crippen LogP contribution in [0.3, 0.4) is 0 Å². The average Bonchev–Trinajstić information content (AvgIpc) is 3.33. The second kappa shape index (κ2) is 8.19. The molecule has 1 fully saturated rings. The van der Waals surface area contributed by atoms with Gasteiger partial charge in [0.2, 0.25) is 15.9 Å². The number of methoxy groups -OCH3 is 1. The summed E-state index contributed by atoms with van der Waals surface area (Å²) in [4.78, 5) is 27.6. The normalized spacial score (nSPS) is 16.6. The van der Waals surface area contributed by atoms with Crippen molar-refractivity contribution in [1.29, 1.82) is 0 Å². The highest BCUT2D eigenvalue weighted by molar-refractivity contribution is 7.92. The summed E-state index contributed by atoms with van der Waals surface area (Å²) in [5, 5.41) is 4.62. The number of amides is 2. The molecule has 1 aromatic carbocycles. The molecule has 0 saturated carbocycles. The molecule has 0 bridgehead atoms. The number of anilines is 2. The minimum absolute atomic E-state index is 0.141. The number of sulfonamides is 1. The first-order valence-electron chi connectivity index (χ1n) is 8.59. The molecule has 1 atom stereocenters. The fraction of sp³-hybridized carbons (Fsp3) is 0.333. The zero-order valence-corrected chi connectivity index (χ0v) is 17.1. The van der Waals surface area contributed by atoms with Crippen LogP contribution < -0.4 is 14.8 Å². The van der Waals surface area contributed by atoms with Crippen LogP contribution in [-0.2, 0) is 14.8 Å². The van der Waals surface area contributed by atoms with Gasteiger partial charge in [-0.2, -0.15) is 0 Å². The van der Waals surface area contributed by atoms with Gasteiger partial charge in [-0.1, -0.05) is 6.07 Å². The zero-order chi connectivity index (χ0) is 20.3. The van der Waals surface area contributed by atoms with Crippen molar-refractivity contribution in [3.63, 3.8) is 0 Å². The summed E-state index contributed by atoms with van der Waals surface area (Å²) in [6.45, 7) is 0.537. The molecule has 2 aromatic rings. The highest BCUT2D eigenvalue weighted by Crippen LogP contribution is 2.29. The molecule has 2 N–H and O–H groups in total. The molecule has 0 aliphatic carbocycles. The number of carbonyl (C=O) groups is 2. The van der Waals surface area contributed by atoms with E-state index >= 15 is 0 Å². The predicted molar refractivity (Wildman–Crippen MR) is 108 cm³/mol. The molecule has 1 aliphatic rings. The summed E-state index contributed by atoms with van der Waals surface area (Å²) in [5.74, 6) is -0.146. The molecular formula is C18H21N3O5S2. The Hall–Kier alpha value is -2.59. The molecule has 1 aromatic heterocycles. The van der Waals surface area contributed by atoms with Gasteiger partial charge in [0.25, 0.3) is 5.91 Å². The van der Waals surface area contributed by atoms with Gasteiger partial charge < -0.3 is 15.0 Å². The SMILES string of the molecule is COc1cc(NC(=O)[C@@H]2CCCN2C(=O)c2cccs2)ccc1NS(C)(=O)=O. The van der Waals surface area contributed by atoms with Crippen molar-refractivity contribution in [2.24, 2.45) is 0 Å². The Morgan fingerprint density at radius 3 is 2.71 bits per heavy atom. The maximum atomic E-state index is 12.8. The molecule has 2 heterocycles. The van der Waals surface area contributed by atoms with Crippen LogP contribution in [0.4, 0.5) is 11.4 Å². The van der Waals surface area contributed by atoms with E-state index < -0.39 is 16.1 Å². The summed E-state index contributed by atoms with van der Waals surface area (Å²) >= 11 is 1.35. The van der Waals surface area contributed by atoms with Gasteiger partial charge in [0.15, 0.2) is 0 Å². The first-order valence-corrected chi connectivity index (χ1v) is 11.4. The summed E-state index contributed by atoms with van der Waals surface area (Å²) in [7, 11) is -2.05. The van der Waals surface area contributed by atoms with Crippen LogP contribution in [0.25, 0.3) is 0 Å². The van der Waals surface area contributed by atoms with E-state index in [0.29, 0.717) is 23.5 Å². The highest BCUT2D eigenvalue weighted by Gasteiger charge is 2.35. The third-order valence-electron chi connectivity index (χ3n) is 4.31. The van der Waals surface area contributed by atoms with Gasteiger partial charge in [0, 0.05) is 18.3 Å². The predicted octanol–water partition coefficient (Wildman–Crippen LogP) is 2.37.